The van der Waals surface area contributed by atoms with Gasteiger partial charge in [-0.25, -0.2) is 0 Å². The first-order chi connectivity index (χ1) is 11.5. The molecule has 0 spiro atoms. The molecule has 0 saturated heterocycles. The summed E-state index contributed by atoms with van der Waals surface area (Å²) in [7, 11) is 1.66. The third-order valence-corrected chi connectivity index (χ3v) is 4.41. The number of aryl methyl sites for hydroxylation is 3. The topological polar surface area (TPSA) is 49.4 Å². The van der Waals surface area contributed by atoms with Crippen molar-refractivity contribution in [2.75, 3.05) is 18.9 Å². The van der Waals surface area contributed by atoms with Gasteiger partial charge in [-0.3, -0.25) is 9.59 Å². The van der Waals surface area contributed by atoms with E-state index in [1.165, 1.54) is 16.0 Å². The molecule has 0 unspecified atom stereocenters. The van der Waals surface area contributed by atoms with Gasteiger partial charge in [-0.05, 0) is 61.6 Å². The number of benzene rings is 2. The number of nitrogens with one attached hydrogen (secondary N) is 1. The fourth-order valence-electron chi connectivity index (χ4n) is 3.05. The van der Waals surface area contributed by atoms with Gasteiger partial charge in [0.25, 0.3) is 5.91 Å². The van der Waals surface area contributed by atoms with E-state index < -0.39 is 0 Å². The summed E-state index contributed by atoms with van der Waals surface area (Å²) in [5.74, 6) is -0.320. The molecule has 24 heavy (non-hydrogen) atoms. The monoisotopic (exact) mass is 322 g/mol. The van der Waals surface area contributed by atoms with Crippen molar-refractivity contribution in [3.05, 3.63) is 64.7 Å². The number of nitrogens with zero attached hydrogens (tertiary/aromatic N) is 1. The zero-order valence-corrected chi connectivity index (χ0v) is 14.1. The van der Waals surface area contributed by atoms with Crippen molar-refractivity contribution in [3.63, 3.8) is 0 Å². The number of rotatable bonds is 4. The summed E-state index contributed by atoms with van der Waals surface area (Å²) in [6, 6.07) is 13.5. The SMILES string of the molecule is Cc1ccc(NC(=O)CN(C)C(=O)c2ccc3c(c2)CCC3)cc1. The van der Waals surface area contributed by atoms with Crippen molar-refractivity contribution in [1.29, 1.82) is 0 Å². The molecule has 2 amide bonds. The van der Waals surface area contributed by atoms with Crippen molar-refractivity contribution in [2.45, 2.75) is 26.2 Å². The van der Waals surface area contributed by atoms with Gasteiger partial charge in [0.1, 0.15) is 0 Å². The Morgan fingerprint density at radius 1 is 1.04 bits per heavy atom. The van der Waals surface area contributed by atoms with Gasteiger partial charge in [-0.15, -0.1) is 0 Å². The lowest BCUT2D eigenvalue weighted by molar-refractivity contribution is -0.116. The Morgan fingerprint density at radius 3 is 2.50 bits per heavy atom. The number of carbonyl (C=O) groups is 2. The van der Waals surface area contributed by atoms with Crippen LogP contribution in [0, 0.1) is 6.92 Å². The van der Waals surface area contributed by atoms with Gasteiger partial charge in [0.05, 0.1) is 6.54 Å². The minimum atomic E-state index is -0.198. The predicted molar refractivity (Wildman–Crippen MR) is 95.2 cm³/mol. The van der Waals surface area contributed by atoms with E-state index in [4.69, 9.17) is 0 Å². The second-order valence-electron chi connectivity index (χ2n) is 6.41. The van der Waals surface area contributed by atoms with Gasteiger partial charge in [0.2, 0.25) is 5.91 Å². The van der Waals surface area contributed by atoms with Crippen LogP contribution in [-0.4, -0.2) is 30.3 Å². The molecule has 0 bridgehead atoms. The van der Waals surface area contributed by atoms with E-state index >= 15 is 0 Å². The van der Waals surface area contributed by atoms with E-state index in [2.05, 4.69) is 5.32 Å². The standard InChI is InChI=1S/C20H22N2O2/c1-14-6-10-18(11-7-14)21-19(23)13-22(2)20(24)17-9-8-15-4-3-5-16(15)12-17/h6-12H,3-5,13H2,1-2H3,(H,21,23). The maximum Gasteiger partial charge on any atom is 0.254 e. The Labute approximate surface area is 142 Å². The third-order valence-electron chi connectivity index (χ3n) is 4.41. The normalized spacial score (nSPS) is 12.6. The molecule has 4 heteroatoms. The molecule has 3 rings (SSSR count). The zero-order chi connectivity index (χ0) is 17.1. The fourth-order valence-corrected chi connectivity index (χ4v) is 3.05. The summed E-state index contributed by atoms with van der Waals surface area (Å²) >= 11 is 0. The molecule has 1 aliphatic carbocycles. The second-order valence-corrected chi connectivity index (χ2v) is 6.41. The van der Waals surface area contributed by atoms with Crippen LogP contribution in [0.1, 0.15) is 33.5 Å². The van der Waals surface area contributed by atoms with Crippen LogP contribution in [0.5, 0.6) is 0 Å². The van der Waals surface area contributed by atoms with Crippen molar-refractivity contribution >= 4 is 17.5 Å². The first kappa shape index (κ1) is 16.2. The van der Waals surface area contributed by atoms with Crippen LogP contribution in [0.15, 0.2) is 42.5 Å². The number of hydrogen-bond donors (Lipinski definition) is 1. The molecule has 0 heterocycles. The van der Waals surface area contributed by atoms with E-state index in [9.17, 15) is 9.59 Å². The first-order valence-electron chi connectivity index (χ1n) is 8.27. The maximum atomic E-state index is 12.5. The maximum absolute atomic E-state index is 12.5. The highest BCUT2D eigenvalue weighted by Crippen LogP contribution is 2.23. The molecule has 1 N–H and O–H groups in total. The predicted octanol–water partition coefficient (Wildman–Crippen LogP) is 3.19. The lowest BCUT2D eigenvalue weighted by Gasteiger charge is -2.17. The lowest BCUT2D eigenvalue weighted by Crippen LogP contribution is -2.35. The van der Waals surface area contributed by atoms with E-state index in [0.29, 0.717) is 5.56 Å². The zero-order valence-electron chi connectivity index (χ0n) is 14.1. The highest BCUT2D eigenvalue weighted by Gasteiger charge is 2.18. The lowest BCUT2D eigenvalue weighted by atomic mass is 10.1. The summed E-state index contributed by atoms with van der Waals surface area (Å²) in [5, 5.41) is 2.82. The highest BCUT2D eigenvalue weighted by molar-refractivity contribution is 5.99. The average Bonchev–Trinajstić information content (AvgIpc) is 3.03. The van der Waals surface area contributed by atoms with Crippen LogP contribution >= 0.6 is 0 Å². The molecule has 0 aromatic heterocycles. The summed E-state index contributed by atoms with van der Waals surface area (Å²) in [6.07, 6.45) is 3.29. The van der Waals surface area contributed by atoms with Gasteiger partial charge in [0.15, 0.2) is 0 Å². The smallest absolute Gasteiger partial charge is 0.254 e. The molecule has 0 fully saturated rings. The molecule has 1 aliphatic rings. The van der Waals surface area contributed by atoms with E-state index in [-0.39, 0.29) is 18.4 Å². The Hall–Kier alpha value is -2.62. The number of amides is 2. The van der Waals surface area contributed by atoms with Crippen LogP contribution in [0.25, 0.3) is 0 Å². The van der Waals surface area contributed by atoms with Crippen molar-refractivity contribution in [2.24, 2.45) is 0 Å². The van der Waals surface area contributed by atoms with Crippen molar-refractivity contribution in [3.8, 4) is 0 Å². The number of carbonyl (C=O) groups excluding carboxylic acids is 2. The summed E-state index contributed by atoms with van der Waals surface area (Å²) < 4.78 is 0. The Balaban J connectivity index is 1.61. The molecule has 4 nitrogen and oxygen atoms in total. The highest BCUT2D eigenvalue weighted by atomic mass is 16.2. The summed E-state index contributed by atoms with van der Waals surface area (Å²) in [5.41, 5.74) is 5.13. The molecule has 2 aromatic rings. The Kier molecular flexibility index (Phi) is 4.65. The van der Waals surface area contributed by atoms with E-state index in [1.54, 1.807) is 7.05 Å². The molecule has 2 aromatic carbocycles. The van der Waals surface area contributed by atoms with Crippen molar-refractivity contribution in [1.82, 2.24) is 4.90 Å². The molecule has 0 radical (unpaired) electrons. The third kappa shape index (κ3) is 3.65. The van der Waals surface area contributed by atoms with Crippen LogP contribution in [-0.2, 0) is 17.6 Å². The van der Waals surface area contributed by atoms with Gasteiger partial charge < -0.3 is 10.2 Å². The van der Waals surface area contributed by atoms with Crippen LogP contribution < -0.4 is 5.32 Å². The fraction of sp³-hybridized carbons (Fsp3) is 0.300. The number of anilines is 1. The minimum Gasteiger partial charge on any atom is -0.332 e. The van der Waals surface area contributed by atoms with Crippen LogP contribution in [0.3, 0.4) is 0 Å². The molecule has 0 aliphatic heterocycles. The molecule has 0 saturated carbocycles. The van der Waals surface area contributed by atoms with Gasteiger partial charge in [0, 0.05) is 18.3 Å². The largest absolute Gasteiger partial charge is 0.332 e. The summed E-state index contributed by atoms with van der Waals surface area (Å²) in [6.45, 7) is 2.03. The van der Waals surface area contributed by atoms with E-state index in [0.717, 1.165) is 30.5 Å². The van der Waals surface area contributed by atoms with Gasteiger partial charge >= 0.3 is 0 Å². The van der Waals surface area contributed by atoms with Crippen LogP contribution in [0.4, 0.5) is 5.69 Å². The second kappa shape index (κ2) is 6.87. The van der Waals surface area contributed by atoms with Gasteiger partial charge in [-0.1, -0.05) is 23.8 Å². The molecule has 124 valence electrons. The van der Waals surface area contributed by atoms with Crippen LogP contribution in [0.2, 0.25) is 0 Å². The Morgan fingerprint density at radius 2 is 1.75 bits per heavy atom. The molecular formula is C20H22N2O2. The Bertz CT molecular complexity index is 766. The number of fused-ring (bicyclic) bond motifs is 1. The molecule has 0 atom stereocenters. The minimum absolute atomic E-state index is 0.0315. The average molecular weight is 322 g/mol. The quantitative estimate of drug-likeness (QED) is 0.940. The molecular weight excluding hydrogens is 300 g/mol. The first-order valence-corrected chi connectivity index (χ1v) is 8.27. The number of hydrogen-bond acceptors (Lipinski definition) is 2. The summed E-state index contributed by atoms with van der Waals surface area (Å²) in [4.78, 5) is 26.1. The van der Waals surface area contributed by atoms with E-state index in [1.807, 2.05) is 49.4 Å². The van der Waals surface area contributed by atoms with Crippen molar-refractivity contribution < 1.29 is 9.59 Å². The number of likely N-dealkylation sites (N-methyl/N-ethyl adjacent to an activating group) is 1. The van der Waals surface area contributed by atoms with Gasteiger partial charge in [-0.2, -0.15) is 0 Å².